The maximum absolute atomic E-state index is 11.6. The molecule has 1 N–H and O–H groups in total. The molecule has 1 fully saturated rings. The van der Waals surface area contributed by atoms with E-state index in [4.69, 9.17) is 16.1 Å². The van der Waals surface area contributed by atoms with Crippen molar-refractivity contribution in [1.29, 1.82) is 0 Å². The second-order valence-electron chi connectivity index (χ2n) is 5.41. The molecule has 0 bridgehead atoms. The van der Waals surface area contributed by atoms with Crippen LogP contribution in [0.25, 0.3) is 0 Å². The van der Waals surface area contributed by atoms with Crippen molar-refractivity contribution in [2.24, 2.45) is 0 Å². The Labute approximate surface area is 132 Å². The SMILES string of the molecule is CC(=O)N[C@]1(c2noc(C)n2)CCN(c2ccc(Cl)cn2)C1. The minimum atomic E-state index is -0.662. The largest absolute Gasteiger partial charge is 0.354 e. The molecular formula is C14H16ClN5O2. The van der Waals surface area contributed by atoms with E-state index in [1.807, 2.05) is 6.07 Å². The fraction of sp³-hybridized carbons (Fsp3) is 0.429. The second-order valence-corrected chi connectivity index (χ2v) is 5.84. The fourth-order valence-electron chi connectivity index (χ4n) is 2.73. The quantitative estimate of drug-likeness (QED) is 0.925. The first-order chi connectivity index (χ1) is 10.5. The number of hydrogen-bond donors (Lipinski definition) is 1. The summed E-state index contributed by atoms with van der Waals surface area (Å²) in [5, 5.41) is 7.56. The highest BCUT2D eigenvalue weighted by atomic mass is 35.5. The Kier molecular flexibility index (Phi) is 3.74. The number of nitrogens with one attached hydrogen (secondary N) is 1. The number of nitrogens with zero attached hydrogens (tertiary/aromatic N) is 4. The predicted octanol–water partition coefficient (Wildman–Crippen LogP) is 1.67. The number of pyridine rings is 1. The topological polar surface area (TPSA) is 84.2 Å². The Morgan fingerprint density at radius 1 is 1.50 bits per heavy atom. The van der Waals surface area contributed by atoms with Gasteiger partial charge in [-0.05, 0) is 18.6 Å². The van der Waals surface area contributed by atoms with Crippen molar-refractivity contribution in [3.63, 3.8) is 0 Å². The van der Waals surface area contributed by atoms with Gasteiger partial charge in [0.15, 0.2) is 5.82 Å². The van der Waals surface area contributed by atoms with E-state index < -0.39 is 5.54 Å². The molecular weight excluding hydrogens is 306 g/mol. The zero-order chi connectivity index (χ0) is 15.7. The fourth-order valence-corrected chi connectivity index (χ4v) is 2.84. The summed E-state index contributed by atoms with van der Waals surface area (Å²) in [6.07, 6.45) is 2.28. The highest BCUT2D eigenvalue weighted by Crippen LogP contribution is 2.32. The Morgan fingerprint density at radius 3 is 2.91 bits per heavy atom. The minimum Gasteiger partial charge on any atom is -0.354 e. The normalized spacial score (nSPS) is 21.1. The van der Waals surface area contributed by atoms with E-state index in [2.05, 4.69) is 25.3 Å². The van der Waals surface area contributed by atoms with Crippen LogP contribution in [0, 0.1) is 6.92 Å². The first-order valence-electron chi connectivity index (χ1n) is 6.94. The smallest absolute Gasteiger partial charge is 0.223 e. The van der Waals surface area contributed by atoms with Crippen LogP contribution < -0.4 is 10.2 Å². The van der Waals surface area contributed by atoms with E-state index in [9.17, 15) is 4.79 Å². The van der Waals surface area contributed by atoms with Crippen molar-refractivity contribution >= 4 is 23.3 Å². The van der Waals surface area contributed by atoms with Crippen molar-refractivity contribution in [3.8, 4) is 0 Å². The number of hydrogen-bond acceptors (Lipinski definition) is 6. The molecule has 0 unspecified atom stereocenters. The van der Waals surface area contributed by atoms with E-state index in [1.54, 1.807) is 19.2 Å². The molecule has 3 rings (SSSR count). The standard InChI is InChI=1S/C14H16ClN5O2/c1-9(21)18-14(13-17-10(2)22-19-13)5-6-20(8-14)12-4-3-11(15)7-16-12/h3-4,7H,5-6,8H2,1-2H3,(H,18,21)/t14-/m1/s1. The molecule has 1 saturated heterocycles. The van der Waals surface area contributed by atoms with Crippen LogP contribution in [0.15, 0.2) is 22.9 Å². The summed E-state index contributed by atoms with van der Waals surface area (Å²) in [5.74, 6) is 1.64. The molecule has 2 aromatic rings. The van der Waals surface area contributed by atoms with Crippen molar-refractivity contribution in [3.05, 3.63) is 35.1 Å². The number of aromatic nitrogens is 3. The van der Waals surface area contributed by atoms with E-state index in [0.717, 1.165) is 12.4 Å². The number of carbonyl (C=O) groups excluding carboxylic acids is 1. The van der Waals surface area contributed by atoms with Crippen LogP contribution in [0.4, 0.5) is 5.82 Å². The van der Waals surface area contributed by atoms with Crippen LogP contribution in [-0.2, 0) is 10.3 Å². The third-order valence-corrected chi connectivity index (χ3v) is 3.90. The second kappa shape index (κ2) is 5.57. The lowest BCUT2D eigenvalue weighted by Crippen LogP contribution is -2.48. The molecule has 0 radical (unpaired) electrons. The average molecular weight is 322 g/mol. The van der Waals surface area contributed by atoms with Crippen molar-refractivity contribution < 1.29 is 9.32 Å². The molecule has 1 aliphatic heterocycles. The molecule has 0 saturated carbocycles. The molecule has 0 aliphatic carbocycles. The maximum atomic E-state index is 11.6. The summed E-state index contributed by atoms with van der Waals surface area (Å²) in [4.78, 5) is 22.3. The zero-order valence-corrected chi connectivity index (χ0v) is 13.1. The first kappa shape index (κ1) is 14.8. The predicted molar refractivity (Wildman–Crippen MR) is 80.6 cm³/mol. The number of amides is 1. The lowest BCUT2D eigenvalue weighted by molar-refractivity contribution is -0.120. The maximum Gasteiger partial charge on any atom is 0.223 e. The van der Waals surface area contributed by atoms with E-state index in [0.29, 0.717) is 29.7 Å². The lowest BCUT2D eigenvalue weighted by atomic mass is 9.97. The molecule has 2 aromatic heterocycles. The van der Waals surface area contributed by atoms with Gasteiger partial charge in [0.2, 0.25) is 11.8 Å². The molecule has 116 valence electrons. The number of anilines is 1. The van der Waals surface area contributed by atoms with Gasteiger partial charge in [0, 0.05) is 33.1 Å². The van der Waals surface area contributed by atoms with Gasteiger partial charge in [0.1, 0.15) is 11.4 Å². The van der Waals surface area contributed by atoms with Gasteiger partial charge in [-0.1, -0.05) is 16.8 Å². The summed E-state index contributed by atoms with van der Waals surface area (Å²) in [6, 6.07) is 3.65. The highest BCUT2D eigenvalue weighted by molar-refractivity contribution is 6.30. The van der Waals surface area contributed by atoms with E-state index >= 15 is 0 Å². The third-order valence-electron chi connectivity index (χ3n) is 3.68. The van der Waals surface area contributed by atoms with Crippen molar-refractivity contribution in [2.75, 3.05) is 18.0 Å². The number of halogens is 1. The van der Waals surface area contributed by atoms with Crippen molar-refractivity contribution in [1.82, 2.24) is 20.4 Å². The summed E-state index contributed by atoms with van der Waals surface area (Å²) < 4.78 is 5.08. The van der Waals surface area contributed by atoms with Gasteiger partial charge in [-0.2, -0.15) is 4.98 Å². The summed E-state index contributed by atoms with van der Waals surface area (Å²) in [7, 11) is 0. The molecule has 0 aromatic carbocycles. The highest BCUT2D eigenvalue weighted by Gasteiger charge is 2.44. The molecule has 7 nitrogen and oxygen atoms in total. The molecule has 0 spiro atoms. The first-order valence-corrected chi connectivity index (χ1v) is 7.32. The van der Waals surface area contributed by atoms with Crippen LogP contribution in [0.3, 0.4) is 0 Å². The summed E-state index contributed by atoms with van der Waals surface area (Å²) in [5.41, 5.74) is -0.662. The van der Waals surface area contributed by atoms with Gasteiger partial charge in [0.25, 0.3) is 0 Å². The molecule has 1 atom stereocenters. The minimum absolute atomic E-state index is 0.131. The van der Waals surface area contributed by atoms with Crippen LogP contribution in [-0.4, -0.2) is 34.1 Å². The molecule has 3 heterocycles. The van der Waals surface area contributed by atoms with Crippen molar-refractivity contribution in [2.45, 2.75) is 25.8 Å². The lowest BCUT2D eigenvalue weighted by Gasteiger charge is -2.27. The molecule has 22 heavy (non-hydrogen) atoms. The van der Waals surface area contributed by atoms with Gasteiger partial charge >= 0.3 is 0 Å². The van der Waals surface area contributed by atoms with Crippen LogP contribution >= 0.6 is 11.6 Å². The van der Waals surface area contributed by atoms with Gasteiger partial charge in [-0.25, -0.2) is 4.98 Å². The van der Waals surface area contributed by atoms with Gasteiger partial charge in [-0.3, -0.25) is 4.79 Å². The number of rotatable bonds is 3. The molecule has 1 aliphatic rings. The number of carbonyl (C=O) groups is 1. The Bertz CT molecular complexity index is 687. The van der Waals surface area contributed by atoms with E-state index in [1.165, 1.54) is 6.92 Å². The Balaban J connectivity index is 1.89. The summed E-state index contributed by atoms with van der Waals surface area (Å²) >= 11 is 5.87. The van der Waals surface area contributed by atoms with Gasteiger partial charge in [0.05, 0.1) is 5.02 Å². The van der Waals surface area contributed by atoms with Crippen LogP contribution in [0.2, 0.25) is 5.02 Å². The van der Waals surface area contributed by atoms with Gasteiger partial charge in [-0.15, -0.1) is 0 Å². The zero-order valence-electron chi connectivity index (χ0n) is 12.3. The van der Waals surface area contributed by atoms with Gasteiger partial charge < -0.3 is 14.7 Å². The summed E-state index contributed by atoms with van der Waals surface area (Å²) in [6.45, 7) is 4.46. The third kappa shape index (κ3) is 2.76. The molecule has 8 heteroatoms. The van der Waals surface area contributed by atoms with Crippen LogP contribution in [0.5, 0.6) is 0 Å². The Hall–Kier alpha value is -2.15. The Morgan fingerprint density at radius 2 is 2.32 bits per heavy atom. The van der Waals surface area contributed by atoms with Crippen LogP contribution in [0.1, 0.15) is 25.1 Å². The molecule has 1 amide bonds. The number of aryl methyl sites for hydroxylation is 1. The average Bonchev–Trinajstić information content (AvgIpc) is 3.07. The van der Waals surface area contributed by atoms with E-state index in [-0.39, 0.29) is 5.91 Å². The monoisotopic (exact) mass is 321 g/mol.